The number of thioether (sulfide) groups is 1. The molecule has 0 aromatic heterocycles. The Labute approximate surface area is 146 Å². The molecule has 130 valence electrons. The van der Waals surface area contributed by atoms with Gasteiger partial charge < -0.3 is 10.6 Å². The smallest absolute Gasteiger partial charge is 0.286 e. The summed E-state index contributed by atoms with van der Waals surface area (Å²) >= 11 is 0.859. The van der Waals surface area contributed by atoms with Crippen LogP contribution >= 0.6 is 11.8 Å². The van der Waals surface area contributed by atoms with Gasteiger partial charge in [-0.05, 0) is 36.4 Å². The average Bonchev–Trinajstić information content (AvgIpc) is 2.53. The van der Waals surface area contributed by atoms with Crippen molar-refractivity contribution in [1.29, 1.82) is 0 Å². The third-order valence-corrected chi connectivity index (χ3v) is 5.42. The Hall–Kier alpha value is -2.46. The number of carbonyl (C=O) groups is 1. The topological polar surface area (TPSA) is 87.6 Å². The molecule has 0 radical (unpaired) electrons. The van der Waals surface area contributed by atoms with Crippen LogP contribution in [-0.2, 0) is 14.8 Å². The Bertz CT molecular complexity index is 978. The predicted octanol–water partition coefficient (Wildman–Crippen LogP) is 2.81. The second-order valence-corrected chi connectivity index (χ2v) is 7.52. The van der Waals surface area contributed by atoms with Crippen LogP contribution in [-0.4, -0.2) is 25.2 Å². The number of amides is 1. The first-order valence-electron chi connectivity index (χ1n) is 6.93. The van der Waals surface area contributed by atoms with Gasteiger partial charge in [-0.25, -0.2) is 8.78 Å². The molecule has 0 saturated carbocycles. The number of halogens is 2. The van der Waals surface area contributed by atoms with Crippen molar-refractivity contribution in [3.8, 4) is 0 Å². The van der Waals surface area contributed by atoms with Crippen LogP contribution in [0.3, 0.4) is 0 Å². The van der Waals surface area contributed by atoms with Crippen LogP contribution in [0.1, 0.15) is 0 Å². The molecule has 0 spiro atoms. The Kier molecular flexibility index (Phi) is 4.73. The van der Waals surface area contributed by atoms with Gasteiger partial charge in [0.2, 0.25) is 5.91 Å². The Morgan fingerprint density at radius 1 is 1.16 bits per heavy atom. The van der Waals surface area contributed by atoms with Gasteiger partial charge in [-0.1, -0.05) is 17.8 Å². The number of amidine groups is 1. The van der Waals surface area contributed by atoms with Crippen LogP contribution in [0.5, 0.6) is 0 Å². The van der Waals surface area contributed by atoms with Gasteiger partial charge in [0.05, 0.1) is 11.4 Å². The molecule has 0 aliphatic carbocycles. The summed E-state index contributed by atoms with van der Waals surface area (Å²) in [4.78, 5) is 11.6. The number of nitrogens with zero attached hydrogens (tertiary/aromatic N) is 1. The van der Waals surface area contributed by atoms with E-state index in [0.717, 1.165) is 30.0 Å². The maximum absolute atomic E-state index is 13.2. The molecular weight excluding hydrogens is 372 g/mol. The minimum Gasteiger partial charge on any atom is -0.333 e. The molecule has 10 heteroatoms. The quantitative estimate of drug-likeness (QED) is 0.851. The van der Waals surface area contributed by atoms with Gasteiger partial charge >= 0.3 is 0 Å². The van der Waals surface area contributed by atoms with Crippen LogP contribution in [0.25, 0.3) is 0 Å². The molecule has 0 unspecified atom stereocenters. The third kappa shape index (κ3) is 4.15. The highest BCUT2D eigenvalue weighted by Crippen LogP contribution is 2.30. The lowest BCUT2D eigenvalue weighted by molar-refractivity contribution is -0.113. The highest BCUT2D eigenvalue weighted by Gasteiger charge is 2.26. The molecule has 1 aliphatic heterocycles. The zero-order chi connectivity index (χ0) is 18.0. The van der Waals surface area contributed by atoms with Gasteiger partial charge in [-0.2, -0.15) is 8.42 Å². The van der Waals surface area contributed by atoms with E-state index >= 15 is 0 Å². The number of benzene rings is 2. The van der Waals surface area contributed by atoms with E-state index in [2.05, 4.69) is 15.0 Å². The fraction of sp³-hybridized carbons (Fsp3) is 0.0667. The molecule has 0 fully saturated rings. The van der Waals surface area contributed by atoms with E-state index in [1.165, 1.54) is 24.3 Å². The molecule has 0 atom stereocenters. The maximum atomic E-state index is 13.2. The number of nitrogens with one attached hydrogen (secondary N) is 2. The summed E-state index contributed by atoms with van der Waals surface area (Å²) in [7, 11) is -4.04. The minimum absolute atomic E-state index is 0.00602. The number of carbonyl (C=O) groups excluding carboxylic acids is 1. The number of hydrogen-bond acceptors (Lipinski definition) is 5. The third-order valence-electron chi connectivity index (χ3n) is 3.11. The first kappa shape index (κ1) is 17.4. The summed E-state index contributed by atoms with van der Waals surface area (Å²) in [5, 5.41) is 5.22. The minimum atomic E-state index is -4.04. The van der Waals surface area contributed by atoms with Crippen LogP contribution in [0.2, 0.25) is 0 Å². The van der Waals surface area contributed by atoms with Gasteiger partial charge in [-0.3, -0.25) is 4.79 Å². The summed E-state index contributed by atoms with van der Waals surface area (Å²) in [5.74, 6) is -1.78. The fourth-order valence-corrected chi connectivity index (χ4v) is 4.12. The lowest BCUT2D eigenvalue weighted by Gasteiger charge is -2.17. The van der Waals surface area contributed by atoms with Crippen molar-refractivity contribution in [3.05, 3.63) is 54.1 Å². The zero-order valence-electron chi connectivity index (χ0n) is 12.5. The summed E-state index contributed by atoms with van der Waals surface area (Å²) in [6, 6.07) is 8.66. The van der Waals surface area contributed by atoms with Crippen molar-refractivity contribution in [2.75, 3.05) is 16.4 Å². The summed E-state index contributed by atoms with van der Waals surface area (Å²) < 4.78 is 53.9. The Balaban J connectivity index is 1.67. The van der Waals surface area contributed by atoms with Crippen LogP contribution in [0, 0.1) is 11.6 Å². The zero-order valence-corrected chi connectivity index (χ0v) is 14.1. The van der Waals surface area contributed by atoms with E-state index in [-0.39, 0.29) is 27.2 Å². The summed E-state index contributed by atoms with van der Waals surface area (Å²) in [5.41, 5.74) is 0.474. The first-order chi connectivity index (χ1) is 11.8. The molecule has 25 heavy (non-hydrogen) atoms. The van der Waals surface area contributed by atoms with Gasteiger partial charge in [0.25, 0.3) is 10.0 Å². The highest BCUT2D eigenvalue weighted by molar-refractivity contribution is 8.15. The molecule has 0 bridgehead atoms. The fourth-order valence-electron chi connectivity index (χ4n) is 2.07. The summed E-state index contributed by atoms with van der Waals surface area (Å²) in [6.45, 7) is 0. The molecule has 2 aromatic rings. The van der Waals surface area contributed by atoms with Gasteiger partial charge in [0.15, 0.2) is 5.17 Å². The number of anilines is 2. The first-order valence-corrected chi connectivity index (χ1v) is 9.36. The van der Waals surface area contributed by atoms with Crippen molar-refractivity contribution in [2.24, 2.45) is 4.40 Å². The average molecular weight is 383 g/mol. The van der Waals surface area contributed by atoms with Gasteiger partial charge in [-0.15, -0.1) is 4.40 Å². The SMILES string of the molecule is O=C(CSC1=NS(=O)(=O)c2cc(F)ccc2N1)Nc1cccc(F)c1. The van der Waals surface area contributed by atoms with Crippen molar-refractivity contribution in [3.63, 3.8) is 0 Å². The standard InChI is InChI=1S/C15H11F2N3O3S2/c16-9-2-1-3-11(6-9)18-14(21)8-24-15-19-12-5-4-10(17)7-13(12)25(22,23)20-15/h1-7H,8H2,(H,18,21)(H,19,20). The van der Waals surface area contributed by atoms with E-state index < -0.39 is 27.6 Å². The monoisotopic (exact) mass is 383 g/mol. The normalized spacial score (nSPS) is 14.9. The molecule has 1 amide bonds. The number of sulfonamides is 1. The van der Waals surface area contributed by atoms with Crippen molar-refractivity contribution >= 4 is 44.2 Å². The summed E-state index contributed by atoms with van der Waals surface area (Å²) in [6.07, 6.45) is 0. The molecular formula is C15H11F2N3O3S2. The van der Waals surface area contributed by atoms with Crippen molar-refractivity contribution in [2.45, 2.75) is 4.90 Å². The largest absolute Gasteiger partial charge is 0.333 e. The van der Waals surface area contributed by atoms with E-state index in [4.69, 9.17) is 0 Å². The van der Waals surface area contributed by atoms with Gasteiger partial charge in [0.1, 0.15) is 16.5 Å². The lowest BCUT2D eigenvalue weighted by Crippen LogP contribution is -2.22. The molecule has 1 heterocycles. The Morgan fingerprint density at radius 3 is 2.68 bits per heavy atom. The number of fused-ring (bicyclic) bond motifs is 1. The number of hydrogen-bond donors (Lipinski definition) is 2. The maximum Gasteiger partial charge on any atom is 0.286 e. The van der Waals surface area contributed by atoms with Crippen LogP contribution < -0.4 is 10.6 Å². The lowest BCUT2D eigenvalue weighted by atomic mass is 10.3. The molecule has 3 rings (SSSR count). The van der Waals surface area contributed by atoms with Crippen molar-refractivity contribution in [1.82, 2.24) is 0 Å². The number of rotatable bonds is 3. The molecule has 6 nitrogen and oxygen atoms in total. The molecule has 0 saturated heterocycles. The van der Waals surface area contributed by atoms with Crippen LogP contribution in [0.15, 0.2) is 51.8 Å². The second kappa shape index (κ2) is 6.81. The molecule has 1 aliphatic rings. The van der Waals surface area contributed by atoms with E-state index in [0.29, 0.717) is 0 Å². The predicted molar refractivity (Wildman–Crippen MR) is 92.1 cm³/mol. The molecule has 2 N–H and O–H groups in total. The van der Waals surface area contributed by atoms with Crippen LogP contribution in [0.4, 0.5) is 20.2 Å². The van der Waals surface area contributed by atoms with E-state index in [1.807, 2.05) is 0 Å². The van der Waals surface area contributed by atoms with Crippen molar-refractivity contribution < 1.29 is 22.0 Å². The van der Waals surface area contributed by atoms with E-state index in [1.54, 1.807) is 0 Å². The molecule has 2 aromatic carbocycles. The Morgan fingerprint density at radius 2 is 1.92 bits per heavy atom. The van der Waals surface area contributed by atoms with Gasteiger partial charge in [0, 0.05) is 5.69 Å². The second-order valence-electron chi connectivity index (χ2n) is 4.98. The van der Waals surface area contributed by atoms with E-state index in [9.17, 15) is 22.0 Å². The highest BCUT2D eigenvalue weighted by atomic mass is 32.2.